The van der Waals surface area contributed by atoms with Gasteiger partial charge in [-0.2, -0.15) is 0 Å². The number of carbonyl (C=O) groups is 3. The van der Waals surface area contributed by atoms with Crippen molar-refractivity contribution in [2.75, 3.05) is 5.32 Å². The molecule has 40 heavy (non-hydrogen) atoms. The lowest BCUT2D eigenvalue weighted by Gasteiger charge is -2.31. The van der Waals surface area contributed by atoms with Crippen molar-refractivity contribution in [1.29, 1.82) is 0 Å². The maximum Gasteiger partial charge on any atom is 0.408 e. The molecular weight excluding hydrogens is 506 g/mol. The first-order valence-electron chi connectivity index (χ1n) is 13.2. The number of aryl methyl sites for hydroxylation is 1. The number of nitrogens with zero attached hydrogens (tertiary/aromatic N) is 1. The highest BCUT2D eigenvalue weighted by Gasteiger charge is 2.37. The van der Waals surface area contributed by atoms with E-state index in [1.54, 1.807) is 52.0 Å². The number of hydrogen-bond donors (Lipinski definition) is 3. The van der Waals surface area contributed by atoms with Crippen LogP contribution in [0.25, 0.3) is 10.8 Å². The number of hydrogen-bond acceptors (Lipinski definition) is 5. The van der Waals surface area contributed by atoms with E-state index in [4.69, 9.17) is 11.2 Å². The van der Waals surface area contributed by atoms with Gasteiger partial charge in [0.15, 0.2) is 6.04 Å². The summed E-state index contributed by atoms with van der Waals surface area (Å²) in [6.45, 7) is 10.6. The Morgan fingerprint density at radius 2 is 1.70 bits per heavy atom. The molecule has 3 aromatic rings. The maximum absolute atomic E-state index is 13.9. The highest BCUT2D eigenvalue weighted by molar-refractivity contribution is 6.01. The number of alkyl carbamates (subject to hydrolysis) is 1. The lowest BCUT2D eigenvalue weighted by molar-refractivity contribution is -0.137. The normalized spacial score (nSPS) is 12.8. The molecule has 0 heterocycles. The molecule has 3 amide bonds. The second-order valence-corrected chi connectivity index (χ2v) is 11.1. The number of ether oxygens (including phenoxy) is 1. The molecule has 0 bridgehead atoms. The van der Waals surface area contributed by atoms with Gasteiger partial charge in [0, 0.05) is 17.3 Å². The lowest BCUT2D eigenvalue weighted by Crippen LogP contribution is -2.51. The van der Waals surface area contributed by atoms with Crippen LogP contribution in [0.15, 0.2) is 60.7 Å². The number of nitrogens with one attached hydrogen (secondary N) is 2. The summed E-state index contributed by atoms with van der Waals surface area (Å²) < 4.78 is 5.36. The number of benzene rings is 3. The van der Waals surface area contributed by atoms with E-state index in [0.717, 1.165) is 15.7 Å². The molecule has 210 valence electrons. The first kappa shape index (κ1) is 30.0. The number of para-hydroxylation sites is 1. The van der Waals surface area contributed by atoms with E-state index in [0.29, 0.717) is 11.3 Å². The van der Waals surface area contributed by atoms with Gasteiger partial charge >= 0.3 is 6.09 Å². The van der Waals surface area contributed by atoms with Gasteiger partial charge in [0.25, 0.3) is 11.8 Å². The molecule has 0 radical (unpaired) electrons. The van der Waals surface area contributed by atoms with Gasteiger partial charge in [-0.25, -0.2) is 4.79 Å². The van der Waals surface area contributed by atoms with Crippen LogP contribution in [0.2, 0.25) is 0 Å². The molecular formula is C32H37N3O5. The Kier molecular flexibility index (Phi) is 9.43. The topological polar surface area (TPSA) is 108 Å². The molecule has 3 rings (SSSR count). The van der Waals surface area contributed by atoms with Crippen molar-refractivity contribution in [2.24, 2.45) is 5.92 Å². The molecule has 0 fully saturated rings. The van der Waals surface area contributed by atoms with Gasteiger partial charge in [0.05, 0.1) is 0 Å². The number of aromatic hydroxyl groups is 1. The van der Waals surface area contributed by atoms with Gasteiger partial charge < -0.3 is 20.5 Å². The van der Waals surface area contributed by atoms with Crippen molar-refractivity contribution in [3.8, 4) is 18.2 Å². The molecule has 0 aliphatic heterocycles. The summed E-state index contributed by atoms with van der Waals surface area (Å²) in [5.74, 6) is -1.46. The second-order valence-electron chi connectivity index (χ2n) is 11.1. The Hall–Kier alpha value is -4.51. The molecule has 8 heteroatoms. The highest BCUT2D eigenvalue weighted by atomic mass is 16.6. The summed E-state index contributed by atoms with van der Waals surface area (Å²) in [4.78, 5) is 41.3. The molecule has 3 aromatic carbocycles. The summed E-state index contributed by atoms with van der Waals surface area (Å²) in [5, 5.41) is 18.3. The van der Waals surface area contributed by atoms with E-state index >= 15 is 0 Å². The predicted octanol–water partition coefficient (Wildman–Crippen LogP) is 5.89. The van der Waals surface area contributed by atoms with Crippen LogP contribution in [0, 0.1) is 25.3 Å². The van der Waals surface area contributed by atoms with E-state index in [1.807, 2.05) is 50.2 Å². The van der Waals surface area contributed by atoms with Crippen LogP contribution >= 0.6 is 0 Å². The highest BCUT2D eigenvalue weighted by Crippen LogP contribution is 2.33. The monoisotopic (exact) mass is 543 g/mol. The molecule has 0 aliphatic rings. The summed E-state index contributed by atoms with van der Waals surface area (Å²) in [6.07, 6.45) is 5.32. The van der Waals surface area contributed by atoms with Crippen molar-refractivity contribution in [2.45, 2.75) is 65.6 Å². The van der Waals surface area contributed by atoms with Crippen LogP contribution in [-0.2, 0) is 14.3 Å². The molecule has 3 N–H and O–H groups in total. The SMILES string of the molecule is C#CN(C(=O)C(CC(C)C)NC(=O)OC(C)(C)C)C(C(=O)Nc1ccc2ccccc2c1)c1cccc(C)c1O. The van der Waals surface area contributed by atoms with Crippen molar-refractivity contribution in [1.82, 2.24) is 10.2 Å². The fourth-order valence-electron chi connectivity index (χ4n) is 4.35. The molecule has 2 unspecified atom stereocenters. The van der Waals surface area contributed by atoms with Gasteiger partial charge in [-0.05, 0) is 68.5 Å². The standard InChI is InChI=1S/C32H37N3O5/c1-8-35(30(38)26(18-20(2)3)34-31(39)40-32(5,6)7)27(25-15-11-12-21(4)28(25)36)29(37)33-24-17-16-22-13-9-10-14-23(22)19-24/h1,9-17,19-20,26-27,36H,18H2,2-7H3,(H,33,37)(H,34,39). The van der Waals surface area contributed by atoms with Gasteiger partial charge in [-0.3, -0.25) is 14.5 Å². The second kappa shape index (κ2) is 12.6. The van der Waals surface area contributed by atoms with Crippen LogP contribution in [0.3, 0.4) is 0 Å². The third-order valence-electron chi connectivity index (χ3n) is 6.16. The summed E-state index contributed by atoms with van der Waals surface area (Å²) >= 11 is 0. The molecule has 0 spiro atoms. The predicted molar refractivity (Wildman–Crippen MR) is 156 cm³/mol. The minimum Gasteiger partial charge on any atom is -0.507 e. The Morgan fingerprint density at radius 3 is 2.33 bits per heavy atom. The molecule has 0 aromatic heterocycles. The van der Waals surface area contributed by atoms with E-state index < -0.39 is 35.6 Å². The number of rotatable bonds is 8. The fourth-order valence-corrected chi connectivity index (χ4v) is 4.35. The number of phenolic OH excluding ortho intramolecular Hbond substituents is 1. The van der Waals surface area contributed by atoms with E-state index in [1.165, 1.54) is 0 Å². The zero-order valence-corrected chi connectivity index (χ0v) is 23.8. The fraction of sp³-hybridized carbons (Fsp3) is 0.344. The zero-order valence-electron chi connectivity index (χ0n) is 23.8. The number of fused-ring (bicyclic) bond motifs is 1. The summed E-state index contributed by atoms with van der Waals surface area (Å²) in [7, 11) is 0. The van der Waals surface area contributed by atoms with Crippen LogP contribution in [-0.4, -0.2) is 39.6 Å². The lowest BCUT2D eigenvalue weighted by atomic mass is 9.97. The van der Waals surface area contributed by atoms with Gasteiger partial charge in [0.2, 0.25) is 0 Å². The van der Waals surface area contributed by atoms with Crippen molar-refractivity contribution in [3.05, 3.63) is 71.8 Å². The third-order valence-corrected chi connectivity index (χ3v) is 6.16. The average molecular weight is 544 g/mol. The quantitative estimate of drug-likeness (QED) is 0.242. The largest absolute Gasteiger partial charge is 0.507 e. The average Bonchev–Trinajstić information content (AvgIpc) is 2.87. The Morgan fingerprint density at radius 1 is 1.02 bits per heavy atom. The van der Waals surface area contributed by atoms with Crippen molar-refractivity contribution < 1.29 is 24.2 Å². The smallest absolute Gasteiger partial charge is 0.408 e. The maximum atomic E-state index is 13.9. The van der Waals surface area contributed by atoms with Crippen LogP contribution < -0.4 is 10.6 Å². The van der Waals surface area contributed by atoms with Crippen molar-refractivity contribution >= 4 is 34.4 Å². The minimum absolute atomic E-state index is 0.000704. The van der Waals surface area contributed by atoms with Crippen LogP contribution in [0.4, 0.5) is 10.5 Å². The summed E-state index contributed by atoms with van der Waals surface area (Å²) in [5.41, 5.74) is 0.383. The minimum atomic E-state index is -1.39. The number of phenols is 1. The third kappa shape index (κ3) is 7.54. The first-order valence-corrected chi connectivity index (χ1v) is 13.2. The summed E-state index contributed by atoms with van der Waals surface area (Å²) in [6, 6.07) is 17.9. The molecule has 8 nitrogen and oxygen atoms in total. The van der Waals surface area contributed by atoms with Crippen molar-refractivity contribution in [3.63, 3.8) is 0 Å². The zero-order chi connectivity index (χ0) is 29.6. The molecule has 0 saturated carbocycles. The van der Waals surface area contributed by atoms with E-state index in [9.17, 15) is 19.5 Å². The van der Waals surface area contributed by atoms with Crippen LogP contribution in [0.5, 0.6) is 5.75 Å². The Balaban J connectivity index is 2.02. The van der Waals surface area contributed by atoms with Gasteiger partial charge in [-0.15, -0.1) is 0 Å². The molecule has 2 atom stereocenters. The van der Waals surface area contributed by atoms with Gasteiger partial charge in [-0.1, -0.05) is 68.8 Å². The number of anilines is 1. The molecule has 0 saturated heterocycles. The number of carbonyl (C=O) groups excluding carboxylic acids is 3. The number of amides is 3. The van der Waals surface area contributed by atoms with E-state index in [2.05, 4.69) is 16.7 Å². The first-order chi connectivity index (χ1) is 18.8. The van der Waals surface area contributed by atoms with Gasteiger partial charge in [0.1, 0.15) is 17.4 Å². The molecule has 0 aliphatic carbocycles. The Bertz CT molecular complexity index is 1430. The number of terminal acetylenes is 1. The van der Waals surface area contributed by atoms with E-state index in [-0.39, 0.29) is 23.7 Å². The van der Waals surface area contributed by atoms with Crippen LogP contribution in [0.1, 0.15) is 58.2 Å². The Labute approximate surface area is 235 Å².